The minimum absolute atomic E-state index is 0.0106. The summed E-state index contributed by atoms with van der Waals surface area (Å²) in [6.45, 7) is 1.52. The molecule has 0 unspecified atom stereocenters. The number of hydrogen-bond acceptors (Lipinski definition) is 4. The normalized spacial score (nSPS) is 10.2. The van der Waals surface area contributed by atoms with Crippen LogP contribution in [-0.2, 0) is 0 Å². The molecule has 0 spiro atoms. The average Bonchev–Trinajstić information content (AvgIpc) is 2.64. The number of aromatic nitrogens is 1. The first kappa shape index (κ1) is 17.6. The third-order valence-corrected chi connectivity index (χ3v) is 4.03. The highest BCUT2D eigenvalue weighted by Gasteiger charge is 2.10. The number of rotatable bonds is 5. The first-order chi connectivity index (χ1) is 12.5. The Morgan fingerprint density at radius 3 is 2.35 bits per heavy atom. The molecule has 3 aromatic rings. The molecule has 0 bridgehead atoms. The van der Waals surface area contributed by atoms with Gasteiger partial charge in [-0.05, 0) is 49.4 Å². The van der Waals surface area contributed by atoms with Crippen molar-refractivity contribution in [1.29, 1.82) is 0 Å². The summed E-state index contributed by atoms with van der Waals surface area (Å²) >= 11 is 6.06. The molecule has 0 fully saturated rings. The van der Waals surface area contributed by atoms with Crippen LogP contribution >= 0.6 is 11.6 Å². The van der Waals surface area contributed by atoms with Crippen LogP contribution < -0.4 is 10.6 Å². The van der Waals surface area contributed by atoms with E-state index in [1.165, 1.54) is 13.1 Å². The second-order valence-corrected chi connectivity index (χ2v) is 6.06. The summed E-state index contributed by atoms with van der Waals surface area (Å²) in [5.41, 5.74) is 3.03. The number of anilines is 3. The standard InChI is InChI=1S/C20H16ClN3O2/c1-13(25)14-6-8-16(9-7-14)23-17-10-15(11-22-12-17)20(26)24-19-5-3-2-4-18(19)21/h2-12,23H,1H3,(H,24,26). The molecule has 5 nitrogen and oxygen atoms in total. The van der Waals surface area contributed by atoms with Crippen LogP contribution in [0.25, 0.3) is 0 Å². The molecule has 1 heterocycles. The molecule has 2 N–H and O–H groups in total. The molecule has 6 heteroatoms. The zero-order chi connectivity index (χ0) is 18.5. The van der Waals surface area contributed by atoms with Gasteiger partial charge in [-0.2, -0.15) is 0 Å². The van der Waals surface area contributed by atoms with E-state index in [9.17, 15) is 9.59 Å². The van der Waals surface area contributed by atoms with E-state index in [0.717, 1.165) is 5.69 Å². The number of pyridine rings is 1. The van der Waals surface area contributed by atoms with Crippen molar-refractivity contribution in [3.8, 4) is 0 Å². The van der Waals surface area contributed by atoms with Crippen molar-refractivity contribution in [1.82, 2.24) is 4.98 Å². The van der Waals surface area contributed by atoms with Crippen LogP contribution in [0.3, 0.4) is 0 Å². The topological polar surface area (TPSA) is 71.1 Å². The summed E-state index contributed by atoms with van der Waals surface area (Å²) in [6, 6.07) is 15.8. The number of nitrogens with one attached hydrogen (secondary N) is 2. The van der Waals surface area contributed by atoms with E-state index in [4.69, 9.17) is 11.6 Å². The predicted molar refractivity (Wildman–Crippen MR) is 103 cm³/mol. The molecule has 1 aromatic heterocycles. The third kappa shape index (κ3) is 4.26. The Morgan fingerprint density at radius 2 is 1.65 bits per heavy atom. The second kappa shape index (κ2) is 7.80. The molecule has 2 aromatic carbocycles. The molecule has 0 aliphatic heterocycles. The maximum absolute atomic E-state index is 12.4. The van der Waals surface area contributed by atoms with Crippen LogP contribution in [0.15, 0.2) is 67.0 Å². The SMILES string of the molecule is CC(=O)c1ccc(Nc2cncc(C(=O)Nc3ccccc3Cl)c2)cc1. The van der Waals surface area contributed by atoms with E-state index in [0.29, 0.717) is 27.5 Å². The number of ketones is 1. The number of benzene rings is 2. The highest BCUT2D eigenvalue weighted by Crippen LogP contribution is 2.22. The Kier molecular flexibility index (Phi) is 5.29. The van der Waals surface area contributed by atoms with E-state index in [2.05, 4.69) is 15.6 Å². The van der Waals surface area contributed by atoms with Gasteiger partial charge < -0.3 is 10.6 Å². The van der Waals surface area contributed by atoms with Gasteiger partial charge in [0.1, 0.15) is 0 Å². The fraction of sp³-hybridized carbons (Fsp3) is 0.0500. The highest BCUT2D eigenvalue weighted by molar-refractivity contribution is 6.33. The van der Waals surface area contributed by atoms with Crippen LogP contribution in [0.2, 0.25) is 5.02 Å². The number of halogens is 1. The molecular formula is C20H16ClN3O2. The molecule has 0 aliphatic rings. The largest absolute Gasteiger partial charge is 0.354 e. The minimum atomic E-state index is -0.304. The maximum atomic E-state index is 12.4. The lowest BCUT2D eigenvalue weighted by atomic mass is 10.1. The molecule has 0 aliphatic carbocycles. The molecule has 0 atom stereocenters. The minimum Gasteiger partial charge on any atom is -0.354 e. The number of carbonyl (C=O) groups is 2. The van der Waals surface area contributed by atoms with Crippen molar-refractivity contribution in [3.05, 3.63) is 83.1 Å². The third-order valence-electron chi connectivity index (χ3n) is 3.70. The van der Waals surface area contributed by atoms with Gasteiger partial charge in [-0.1, -0.05) is 23.7 Å². The van der Waals surface area contributed by atoms with Crippen LogP contribution in [0.5, 0.6) is 0 Å². The molecular weight excluding hydrogens is 350 g/mol. The van der Waals surface area contributed by atoms with Gasteiger partial charge in [-0.15, -0.1) is 0 Å². The lowest BCUT2D eigenvalue weighted by Gasteiger charge is -2.10. The molecule has 130 valence electrons. The van der Waals surface area contributed by atoms with Crippen LogP contribution in [0, 0.1) is 0 Å². The maximum Gasteiger partial charge on any atom is 0.257 e. The summed E-state index contributed by atoms with van der Waals surface area (Å²) in [7, 11) is 0. The summed E-state index contributed by atoms with van der Waals surface area (Å²) in [4.78, 5) is 27.8. The Bertz CT molecular complexity index is 955. The summed E-state index contributed by atoms with van der Waals surface area (Å²) in [6.07, 6.45) is 3.10. The molecule has 3 rings (SSSR count). The zero-order valence-electron chi connectivity index (χ0n) is 14.0. The van der Waals surface area contributed by atoms with Gasteiger partial charge in [0, 0.05) is 17.4 Å². The van der Waals surface area contributed by atoms with Gasteiger partial charge in [0.25, 0.3) is 5.91 Å². The fourth-order valence-corrected chi connectivity index (χ4v) is 2.53. The number of para-hydroxylation sites is 1. The number of nitrogens with zero attached hydrogens (tertiary/aromatic N) is 1. The van der Waals surface area contributed by atoms with Gasteiger partial charge in [0.05, 0.1) is 28.2 Å². The van der Waals surface area contributed by atoms with Gasteiger partial charge in [0.2, 0.25) is 0 Å². The van der Waals surface area contributed by atoms with Crippen LogP contribution in [0.1, 0.15) is 27.6 Å². The van der Waals surface area contributed by atoms with Crippen molar-refractivity contribution < 1.29 is 9.59 Å². The van der Waals surface area contributed by atoms with E-state index in [1.54, 1.807) is 60.8 Å². The Morgan fingerprint density at radius 1 is 0.923 bits per heavy atom. The highest BCUT2D eigenvalue weighted by atomic mass is 35.5. The lowest BCUT2D eigenvalue weighted by Crippen LogP contribution is -2.12. The lowest BCUT2D eigenvalue weighted by molar-refractivity contribution is 0.101. The second-order valence-electron chi connectivity index (χ2n) is 5.65. The molecule has 0 saturated carbocycles. The molecule has 26 heavy (non-hydrogen) atoms. The predicted octanol–water partition coefficient (Wildman–Crippen LogP) is 4.93. The summed E-state index contributed by atoms with van der Waals surface area (Å²) in [5.74, 6) is -0.294. The van der Waals surface area contributed by atoms with Crippen molar-refractivity contribution in [2.45, 2.75) is 6.92 Å². The summed E-state index contributed by atoms with van der Waals surface area (Å²) in [5, 5.41) is 6.39. The van der Waals surface area contributed by atoms with Gasteiger partial charge in [-0.3, -0.25) is 14.6 Å². The number of carbonyl (C=O) groups excluding carboxylic acids is 2. The average molecular weight is 366 g/mol. The Balaban J connectivity index is 1.74. The monoisotopic (exact) mass is 365 g/mol. The van der Waals surface area contributed by atoms with Gasteiger partial charge in [0.15, 0.2) is 5.78 Å². The van der Waals surface area contributed by atoms with E-state index in [-0.39, 0.29) is 11.7 Å². The molecule has 0 saturated heterocycles. The van der Waals surface area contributed by atoms with E-state index >= 15 is 0 Å². The first-order valence-electron chi connectivity index (χ1n) is 7.92. The Hall–Kier alpha value is -3.18. The zero-order valence-corrected chi connectivity index (χ0v) is 14.7. The first-order valence-corrected chi connectivity index (χ1v) is 8.30. The van der Waals surface area contributed by atoms with Crippen LogP contribution in [-0.4, -0.2) is 16.7 Å². The fourth-order valence-electron chi connectivity index (χ4n) is 2.34. The van der Waals surface area contributed by atoms with Gasteiger partial charge in [-0.25, -0.2) is 0 Å². The number of Topliss-reactive ketones (excluding diaryl/α,β-unsaturated/α-hetero) is 1. The Labute approximate surface area is 156 Å². The van der Waals surface area contributed by atoms with E-state index in [1.807, 2.05) is 0 Å². The van der Waals surface area contributed by atoms with Crippen molar-refractivity contribution >= 4 is 40.4 Å². The smallest absolute Gasteiger partial charge is 0.257 e. The number of hydrogen-bond donors (Lipinski definition) is 2. The van der Waals surface area contributed by atoms with Crippen LogP contribution in [0.4, 0.5) is 17.1 Å². The van der Waals surface area contributed by atoms with E-state index < -0.39 is 0 Å². The molecule has 0 radical (unpaired) electrons. The number of amides is 1. The van der Waals surface area contributed by atoms with Crippen molar-refractivity contribution in [3.63, 3.8) is 0 Å². The quantitative estimate of drug-likeness (QED) is 0.628. The summed E-state index contributed by atoms with van der Waals surface area (Å²) < 4.78 is 0. The van der Waals surface area contributed by atoms with Crippen molar-refractivity contribution in [2.24, 2.45) is 0 Å². The van der Waals surface area contributed by atoms with Crippen molar-refractivity contribution in [2.75, 3.05) is 10.6 Å². The molecule has 1 amide bonds. The van der Waals surface area contributed by atoms with Gasteiger partial charge >= 0.3 is 0 Å².